The molecular formula is C23H16Cl2N2O2. The summed E-state index contributed by atoms with van der Waals surface area (Å²) in [4.78, 5) is 12.3. The van der Waals surface area contributed by atoms with Crippen molar-refractivity contribution in [1.29, 1.82) is 0 Å². The summed E-state index contributed by atoms with van der Waals surface area (Å²) in [7, 11) is 0. The largest absolute Gasteiger partial charge is 0.455 e. The SMILES string of the molecule is O=C(Cc1cccc2ccccc12)NN=Cc1ccc(-c2cccc(Cl)c2Cl)o1. The van der Waals surface area contributed by atoms with Gasteiger partial charge in [0.05, 0.1) is 22.7 Å². The van der Waals surface area contributed by atoms with Crippen molar-refractivity contribution in [3.8, 4) is 11.3 Å². The number of rotatable bonds is 5. The number of halogens is 2. The third-order valence-corrected chi connectivity index (χ3v) is 5.27. The normalized spacial score (nSPS) is 11.2. The van der Waals surface area contributed by atoms with E-state index in [1.165, 1.54) is 6.21 Å². The Morgan fingerprint density at radius 3 is 2.66 bits per heavy atom. The van der Waals surface area contributed by atoms with Crippen molar-refractivity contribution in [3.63, 3.8) is 0 Å². The first-order chi connectivity index (χ1) is 14.1. The first kappa shape index (κ1) is 19.2. The van der Waals surface area contributed by atoms with Gasteiger partial charge in [0.25, 0.3) is 0 Å². The van der Waals surface area contributed by atoms with Crippen LogP contribution in [-0.4, -0.2) is 12.1 Å². The molecule has 0 aliphatic rings. The maximum Gasteiger partial charge on any atom is 0.244 e. The lowest BCUT2D eigenvalue weighted by atomic mass is 10.0. The lowest BCUT2D eigenvalue weighted by Crippen LogP contribution is -2.19. The predicted octanol–water partition coefficient (Wildman–Crippen LogP) is 6.10. The van der Waals surface area contributed by atoms with Gasteiger partial charge in [-0.3, -0.25) is 4.79 Å². The summed E-state index contributed by atoms with van der Waals surface area (Å²) in [6, 6.07) is 22.7. The van der Waals surface area contributed by atoms with Crippen LogP contribution in [0.1, 0.15) is 11.3 Å². The molecule has 4 nitrogen and oxygen atoms in total. The molecular weight excluding hydrogens is 407 g/mol. The maximum absolute atomic E-state index is 12.3. The Balaban J connectivity index is 1.42. The minimum Gasteiger partial charge on any atom is -0.455 e. The second-order valence-corrected chi connectivity index (χ2v) is 7.20. The van der Waals surface area contributed by atoms with Crippen LogP contribution in [0.3, 0.4) is 0 Å². The molecule has 3 aromatic carbocycles. The summed E-state index contributed by atoms with van der Waals surface area (Å²) in [6.07, 6.45) is 1.68. The van der Waals surface area contributed by atoms with Gasteiger partial charge < -0.3 is 4.42 Å². The van der Waals surface area contributed by atoms with E-state index in [1.54, 1.807) is 24.3 Å². The number of fused-ring (bicyclic) bond motifs is 1. The summed E-state index contributed by atoms with van der Waals surface area (Å²) >= 11 is 12.3. The highest BCUT2D eigenvalue weighted by molar-refractivity contribution is 6.43. The van der Waals surface area contributed by atoms with Crippen LogP contribution in [0.15, 0.2) is 82.3 Å². The molecule has 144 valence electrons. The number of benzene rings is 3. The zero-order chi connectivity index (χ0) is 20.2. The first-order valence-electron chi connectivity index (χ1n) is 8.94. The number of hydrazone groups is 1. The van der Waals surface area contributed by atoms with Crippen molar-refractivity contribution < 1.29 is 9.21 Å². The topological polar surface area (TPSA) is 54.6 Å². The molecule has 0 unspecified atom stereocenters. The van der Waals surface area contributed by atoms with Gasteiger partial charge in [0.15, 0.2) is 0 Å². The summed E-state index contributed by atoms with van der Waals surface area (Å²) in [6.45, 7) is 0. The van der Waals surface area contributed by atoms with E-state index in [1.807, 2.05) is 48.5 Å². The quantitative estimate of drug-likeness (QED) is 0.312. The van der Waals surface area contributed by atoms with Gasteiger partial charge in [0, 0.05) is 5.56 Å². The number of nitrogens with one attached hydrogen (secondary N) is 1. The van der Waals surface area contributed by atoms with Crippen LogP contribution < -0.4 is 5.43 Å². The number of hydrogen-bond acceptors (Lipinski definition) is 3. The highest BCUT2D eigenvalue weighted by Gasteiger charge is 2.10. The molecule has 0 aliphatic carbocycles. The molecule has 6 heteroatoms. The number of nitrogens with zero attached hydrogens (tertiary/aromatic N) is 1. The van der Waals surface area contributed by atoms with Crippen molar-refractivity contribution in [3.05, 3.63) is 94.2 Å². The fraction of sp³-hybridized carbons (Fsp3) is 0.0435. The van der Waals surface area contributed by atoms with Crippen LogP contribution in [-0.2, 0) is 11.2 Å². The van der Waals surface area contributed by atoms with Gasteiger partial charge in [0.2, 0.25) is 5.91 Å². The third kappa shape index (κ3) is 4.34. The van der Waals surface area contributed by atoms with Crippen molar-refractivity contribution in [2.45, 2.75) is 6.42 Å². The van der Waals surface area contributed by atoms with Gasteiger partial charge in [-0.05, 0) is 40.6 Å². The Labute approximate surface area is 177 Å². The molecule has 1 N–H and O–H groups in total. The monoisotopic (exact) mass is 422 g/mol. The summed E-state index contributed by atoms with van der Waals surface area (Å²) in [5.41, 5.74) is 4.18. The minimum absolute atomic E-state index is 0.206. The van der Waals surface area contributed by atoms with Gasteiger partial charge in [-0.2, -0.15) is 5.10 Å². The fourth-order valence-corrected chi connectivity index (χ4v) is 3.48. The number of carbonyl (C=O) groups is 1. The van der Waals surface area contributed by atoms with Crippen molar-refractivity contribution in [2.24, 2.45) is 5.10 Å². The van der Waals surface area contributed by atoms with Crippen LogP contribution in [0.25, 0.3) is 22.1 Å². The molecule has 0 radical (unpaired) electrons. The van der Waals surface area contributed by atoms with Crippen LogP contribution in [0.2, 0.25) is 10.0 Å². The van der Waals surface area contributed by atoms with Gasteiger partial charge in [0.1, 0.15) is 11.5 Å². The summed E-state index contributed by atoms with van der Waals surface area (Å²) in [5, 5.41) is 7.03. The smallest absolute Gasteiger partial charge is 0.244 e. The second-order valence-electron chi connectivity index (χ2n) is 6.41. The van der Waals surface area contributed by atoms with Crippen LogP contribution in [0.5, 0.6) is 0 Å². The third-order valence-electron chi connectivity index (χ3n) is 4.46. The number of carbonyl (C=O) groups excluding carboxylic acids is 1. The molecule has 0 spiro atoms. The Morgan fingerprint density at radius 2 is 1.76 bits per heavy atom. The lowest BCUT2D eigenvalue weighted by Gasteiger charge is -2.05. The lowest BCUT2D eigenvalue weighted by molar-refractivity contribution is -0.120. The number of hydrogen-bond donors (Lipinski definition) is 1. The first-order valence-corrected chi connectivity index (χ1v) is 9.70. The van der Waals surface area contributed by atoms with E-state index in [4.69, 9.17) is 27.6 Å². The van der Waals surface area contributed by atoms with E-state index in [0.29, 0.717) is 27.1 Å². The fourth-order valence-electron chi connectivity index (χ4n) is 3.09. The summed E-state index contributed by atoms with van der Waals surface area (Å²) < 4.78 is 5.72. The molecule has 4 aromatic rings. The van der Waals surface area contributed by atoms with Gasteiger partial charge >= 0.3 is 0 Å². The molecule has 1 heterocycles. The zero-order valence-corrected chi connectivity index (χ0v) is 16.7. The Morgan fingerprint density at radius 1 is 0.966 bits per heavy atom. The van der Waals surface area contributed by atoms with Crippen LogP contribution in [0.4, 0.5) is 0 Å². The Bertz CT molecular complexity index is 1210. The maximum atomic E-state index is 12.3. The number of amides is 1. The zero-order valence-electron chi connectivity index (χ0n) is 15.2. The van der Waals surface area contributed by atoms with E-state index >= 15 is 0 Å². The molecule has 0 saturated carbocycles. The molecule has 0 bridgehead atoms. The van der Waals surface area contributed by atoms with E-state index < -0.39 is 0 Å². The summed E-state index contributed by atoms with van der Waals surface area (Å²) in [5.74, 6) is 0.852. The molecule has 0 aliphatic heterocycles. The van der Waals surface area contributed by atoms with Crippen LogP contribution >= 0.6 is 23.2 Å². The molecule has 0 atom stereocenters. The van der Waals surface area contributed by atoms with E-state index in [2.05, 4.69) is 10.5 Å². The highest BCUT2D eigenvalue weighted by Crippen LogP contribution is 2.34. The molecule has 1 amide bonds. The van der Waals surface area contributed by atoms with Crippen molar-refractivity contribution in [1.82, 2.24) is 5.43 Å². The molecule has 29 heavy (non-hydrogen) atoms. The van der Waals surface area contributed by atoms with E-state index in [0.717, 1.165) is 16.3 Å². The van der Waals surface area contributed by atoms with E-state index in [9.17, 15) is 4.79 Å². The van der Waals surface area contributed by atoms with Gasteiger partial charge in [-0.15, -0.1) is 0 Å². The predicted molar refractivity (Wildman–Crippen MR) is 118 cm³/mol. The second kappa shape index (κ2) is 8.52. The standard InChI is InChI=1S/C23H16Cl2N2O2/c24-20-10-4-9-19(23(20)25)21-12-11-17(29-21)14-26-27-22(28)13-16-7-3-6-15-5-1-2-8-18(15)16/h1-12,14H,13H2,(H,27,28). The Hall–Kier alpha value is -3.08. The minimum atomic E-state index is -0.206. The molecule has 1 aromatic heterocycles. The van der Waals surface area contributed by atoms with Crippen molar-refractivity contribution in [2.75, 3.05) is 0 Å². The van der Waals surface area contributed by atoms with Gasteiger partial charge in [-0.25, -0.2) is 5.43 Å². The van der Waals surface area contributed by atoms with Crippen molar-refractivity contribution >= 4 is 46.1 Å². The van der Waals surface area contributed by atoms with Crippen LogP contribution in [0, 0.1) is 0 Å². The average Bonchev–Trinajstić information content (AvgIpc) is 3.19. The number of furan rings is 1. The molecule has 4 rings (SSSR count). The van der Waals surface area contributed by atoms with E-state index in [-0.39, 0.29) is 12.3 Å². The average molecular weight is 423 g/mol. The van der Waals surface area contributed by atoms with Gasteiger partial charge in [-0.1, -0.05) is 71.7 Å². The Kier molecular flexibility index (Phi) is 5.65. The molecule has 0 fully saturated rings. The highest BCUT2D eigenvalue weighted by atomic mass is 35.5. The molecule has 0 saturated heterocycles.